The Balaban J connectivity index is 1.33. The van der Waals surface area contributed by atoms with Gasteiger partial charge in [-0.2, -0.15) is 4.98 Å². The molecule has 31 heavy (non-hydrogen) atoms. The van der Waals surface area contributed by atoms with Gasteiger partial charge >= 0.3 is 6.03 Å². The van der Waals surface area contributed by atoms with Crippen LogP contribution in [0.1, 0.15) is 42.6 Å². The average molecular weight is 424 g/mol. The number of rotatable bonds is 7. The van der Waals surface area contributed by atoms with Crippen molar-refractivity contribution in [2.45, 2.75) is 38.3 Å². The predicted molar refractivity (Wildman–Crippen MR) is 112 cm³/mol. The van der Waals surface area contributed by atoms with Gasteiger partial charge in [-0.3, -0.25) is 0 Å². The van der Waals surface area contributed by atoms with Gasteiger partial charge in [0.25, 0.3) is 5.89 Å². The lowest BCUT2D eigenvalue weighted by atomic mass is 10.0. The summed E-state index contributed by atoms with van der Waals surface area (Å²) in [7, 11) is 0. The summed E-state index contributed by atoms with van der Waals surface area (Å²) in [5, 5.41) is 7.08. The number of nitrogens with zero attached hydrogens (tertiary/aromatic N) is 3. The zero-order chi connectivity index (χ0) is 21.5. The van der Waals surface area contributed by atoms with E-state index >= 15 is 0 Å². The van der Waals surface area contributed by atoms with Crippen LogP contribution in [0.2, 0.25) is 0 Å². The molecule has 0 radical (unpaired) electrons. The molecule has 0 aliphatic carbocycles. The Hall–Kier alpha value is -3.42. The maximum absolute atomic E-state index is 13.0. The van der Waals surface area contributed by atoms with Crippen molar-refractivity contribution in [3.05, 3.63) is 77.7 Å². The summed E-state index contributed by atoms with van der Waals surface area (Å²) in [5.74, 6) is 0.982. The van der Waals surface area contributed by atoms with Crippen molar-refractivity contribution in [1.82, 2.24) is 20.4 Å². The SMILES string of the molecule is O=C(NCCc1ccccc1)N1CCCCC1c1noc(COc2ccc(F)cc2)n1. The maximum Gasteiger partial charge on any atom is 0.318 e. The molecular weight excluding hydrogens is 399 g/mol. The first kappa shape index (κ1) is 20.8. The first-order chi connectivity index (χ1) is 15.2. The van der Waals surface area contributed by atoms with Gasteiger partial charge in [0.2, 0.25) is 0 Å². The van der Waals surface area contributed by atoms with Gasteiger partial charge in [-0.25, -0.2) is 9.18 Å². The second-order valence-electron chi connectivity index (χ2n) is 7.46. The summed E-state index contributed by atoms with van der Waals surface area (Å²) in [6.45, 7) is 1.29. The molecule has 0 saturated carbocycles. The number of carbonyl (C=O) groups excluding carboxylic acids is 1. The molecule has 1 N–H and O–H groups in total. The summed E-state index contributed by atoms with van der Waals surface area (Å²) in [6, 6.07) is 15.4. The molecule has 162 valence electrons. The van der Waals surface area contributed by atoms with Crippen molar-refractivity contribution < 1.29 is 18.4 Å². The van der Waals surface area contributed by atoms with Gasteiger partial charge < -0.3 is 19.5 Å². The minimum absolute atomic E-state index is 0.0780. The van der Waals surface area contributed by atoms with Crippen LogP contribution >= 0.6 is 0 Å². The van der Waals surface area contributed by atoms with Gasteiger partial charge in [-0.1, -0.05) is 35.5 Å². The fourth-order valence-electron chi connectivity index (χ4n) is 3.64. The van der Waals surface area contributed by atoms with Crippen LogP contribution in [0.5, 0.6) is 5.75 Å². The van der Waals surface area contributed by atoms with Gasteiger partial charge in [0, 0.05) is 13.1 Å². The third-order valence-electron chi connectivity index (χ3n) is 5.25. The Kier molecular flexibility index (Phi) is 6.76. The van der Waals surface area contributed by atoms with E-state index in [9.17, 15) is 9.18 Å². The number of benzene rings is 2. The van der Waals surface area contributed by atoms with Gasteiger partial charge in [-0.05, 0) is 55.5 Å². The highest BCUT2D eigenvalue weighted by Crippen LogP contribution is 2.29. The van der Waals surface area contributed by atoms with Gasteiger partial charge in [0.05, 0.1) is 6.04 Å². The van der Waals surface area contributed by atoms with Crippen molar-refractivity contribution in [3.63, 3.8) is 0 Å². The van der Waals surface area contributed by atoms with E-state index in [0.29, 0.717) is 30.6 Å². The largest absolute Gasteiger partial charge is 0.484 e. The number of ether oxygens (including phenoxy) is 1. The van der Waals surface area contributed by atoms with Crippen LogP contribution in [-0.4, -0.2) is 34.2 Å². The second kappa shape index (κ2) is 10.1. The molecule has 1 aliphatic heterocycles. The van der Waals surface area contributed by atoms with E-state index in [1.54, 1.807) is 4.90 Å². The summed E-state index contributed by atoms with van der Waals surface area (Å²) >= 11 is 0. The molecule has 8 heteroatoms. The van der Waals surface area contributed by atoms with E-state index < -0.39 is 0 Å². The number of halogens is 1. The van der Waals surface area contributed by atoms with Crippen molar-refractivity contribution in [3.8, 4) is 5.75 Å². The fraction of sp³-hybridized carbons (Fsp3) is 0.348. The van der Waals surface area contributed by atoms with Gasteiger partial charge in [0.15, 0.2) is 12.4 Å². The van der Waals surface area contributed by atoms with Crippen molar-refractivity contribution in [2.75, 3.05) is 13.1 Å². The van der Waals surface area contributed by atoms with Crippen LogP contribution in [-0.2, 0) is 13.0 Å². The first-order valence-electron chi connectivity index (χ1n) is 10.5. The standard InChI is InChI=1S/C23H25FN4O3/c24-18-9-11-19(12-10-18)30-16-21-26-22(27-31-21)20-8-4-5-15-28(20)23(29)25-14-13-17-6-2-1-3-7-17/h1-3,6-7,9-12,20H,4-5,8,13-16H2,(H,25,29). The average Bonchev–Trinajstić information content (AvgIpc) is 3.28. The maximum atomic E-state index is 13.0. The van der Waals surface area contributed by atoms with Gasteiger partial charge in [-0.15, -0.1) is 0 Å². The van der Waals surface area contributed by atoms with Crippen LogP contribution in [0.25, 0.3) is 0 Å². The smallest absolute Gasteiger partial charge is 0.318 e. The molecule has 2 heterocycles. The molecule has 1 aromatic heterocycles. The molecule has 7 nitrogen and oxygen atoms in total. The van der Waals surface area contributed by atoms with E-state index in [-0.39, 0.29) is 24.5 Å². The zero-order valence-electron chi connectivity index (χ0n) is 17.2. The van der Waals surface area contributed by atoms with Gasteiger partial charge in [0.1, 0.15) is 11.6 Å². The lowest BCUT2D eigenvalue weighted by Crippen LogP contribution is -2.45. The molecule has 0 spiro atoms. The van der Waals surface area contributed by atoms with Crippen LogP contribution < -0.4 is 10.1 Å². The Labute approximate surface area is 180 Å². The summed E-state index contributed by atoms with van der Waals surface area (Å²) < 4.78 is 23.9. The second-order valence-corrected chi connectivity index (χ2v) is 7.46. The lowest BCUT2D eigenvalue weighted by molar-refractivity contribution is 0.146. The molecule has 3 aromatic rings. The van der Waals surface area contributed by atoms with Crippen LogP contribution in [0.15, 0.2) is 59.1 Å². The van der Waals surface area contributed by atoms with Crippen LogP contribution in [0.3, 0.4) is 0 Å². The molecule has 1 aliphatic rings. The number of aromatic nitrogens is 2. The molecular formula is C23H25FN4O3. The summed E-state index contributed by atoms with van der Waals surface area (Å²) in [4.78, 5) is 19.0. The van der Waals surface area contributed by atoms with Crippen LogP contribution in [0.4, 0.5) is 9.18 Å². The third kappa shape index (κ3) is 5.59. The van der Waals surface area contributed by atoms with E-state index in [4.69, 9.17) is 9.26 Å². The highest BCUT2D eigenvalue weighted by atomic mass is 19.1. The Morgan fingerprint density at radius 3 is 2.77 bits per heavy atom. The first-order valence-corrected chi connectivity index (χ1v) is 10.5. The van der Waals surface area contributed by atoms with E-state index in [0.717, 1.165) is 25.7 Å². The topological polar surface area (TPSA) is 80.5 Å². The minimum atomic E-state index is -0.327. The number of hydrogen-bond donors (Lipinski definition) is 1. The zero-order valence-corrected chi connectivity index (χ0v) is 17.2. The quantitative estimate of drug-likeness (QED) is 0.613. The van der Waals surface area contributed by atoms with E-state index in [1.807, 2.05) is 30.3 Å². The monoisotopic (exact) mass is 424 g/mol. The molecule has 1 unspecified atom stereocenters. The Bertz CT molecular complexity index is 978. The number of likely N-dealkylation sites (tertiary alicyclic amines) is 1. The Morgan fingerprint density at radius 1 is 1.16 bits per heavy atom. The number of urea groups is 1. The molecule has 4 rings (SSSR count). The van der Waals surface area contributed by atoms with Crippen molar-refractivity contribution >= 4 is 6.03 Å². The molecule has 1 saturated heterocycles. The summed E-state index contributed by atoms with van der Waals surface area (Å²) in [6.07, 6.45) is 3.50. The highest BCUT2D eigenvalue weighted by Gasteiger charge is 2.31. The summed E-state index contributed by atoms with van der Waals surface area (Å²) in [5.41, 5.74) is 1.18. The van der Waals surface area contributed by atoms with Crippen molar-refractivity contribution in [2.24, 2.45) is 0 Å². The third-order valence-corrected chi connectivity index (χ3v) is 5.25. The molecule has 1 atom stereocenters. The molecule has 2 amide bonds. The van der Waals surface area contributed by atoms with Crippen LogP contribution in [0, 0.1) is 5.82 Å². The fourth-order valence-corrected chi connectivity index (χ4v) is 3.64. The van der Waals surface area contributed by atoms with E-state index in [1.165, 1.54) is 29.8 Å². The highest BCUT2D eigenvalue weighted by molar-refractivity contribution is 5.74. The molecule has 1 fully saturated rings. The lowest BCUT2D eigenvalue weighted by Gasteiger charge is -2.33. The Morgan fingerprint density at radius 2 is 1.97 bits per heavy atom. The molecule has 0 bridgehead atoms. The number of amides is 2. The minimum Gasteiger partial charge on any atom is -0.484 e. The number of hydrogen-bond acceptors (Lipinski definition) is 5. The predicted octanol–water partition coefficient (Wildman–Crippen LogP) is 4.27. The number of nitrogens with one attached hydrogen (secondary N) is 1. The number of carbonyl (C=O) groups is 1. The molecule has 2 aromatic carbocycles. The number of piperidine rings is 1. The normalized spacial score (nSPS) is 16.2. The van der Waals surface area contributed by atoms with E-state index in [2.05, 4.69) is 15.5 Å². The van der Waals surface area contributed by atoms with Crippen molar-refractivity contribution in [1.29, 1.82) is 0 Å².